The van der Waals surface area contributed by atoms with E-state index in [0.717, 1.165) is 18.4 Å². The van der Waals surface area contributed by atoms with Gasteiger partial charge in [0.25, 0.3) is 0 Å². The monoisotopic (exact) mass is 183 g/mol. The van der Waals surface area contributed by atoms with Crippen molar-refractivity contribution in [2.45, 2.75) is 44.2 Å². The van der Waals surface area contributed by atoms with Crippen LogP contribution in [0.1, 0.15) is 38.5 Å². The second-order valence-corrected chi connectivity index (χ2v) is 4.25. The first-order valence-electron chi connectivity index (χ1n) is 5.40. The van der Waals surface area contributed by atoms with Gasteiger partial charge in [-0.25, -0.2) is 4.39 Å². The van der Waals surface area contributed by atoms with Crippen molar-refractivity contribution in [1.82, 2.24) is 5.32 Å². The molecular formula is C11H18FN. The van der Waals surface area contributed by atoms with E-state index in [1.165, 1.54) is 25.7 Å². The minimum Gasteiger partial charge on any atom is -0.310 e. The summed E-state index contributed by atoms with van der Waals surface area (Å²) in [7, 11) is 0. The van der Waals surface area contributed by atoms with Crippen molar-refractivity contribution in [2.24, 2.45) is 0 Å². The van der Waals surface area contributed by atoms with Crippen molar-refractivity contribution in [3.8, 4) is 0 Å². The molecule has 2 aliphatic rings. The van der Waals surface area contributed by atoms with Crippen molar-refractivity contribution >= 4 is 0 Å². The van der Waals surface area contributed by atoms with Crippen molar-refractivity contribution in [1.29, 1.82) is 0 Å². The van der Waals surface area contributed by atoms with Crippen LogP contribution in [0.15, 0.2) is 11.6 Å². The van der Waals surface area contributed by atoms with E-state index in [1.54, 1.807) is 0 Å². The lowest BCUT2D eigenvalue weighted by Gasteiger charge is -2.37. The smallest absolute Gasteiger partial charge is 0.156 e. The van der Waals surface area contributed by atoms with E-state index < -0.39 is 5.67 Å². The normalized spacial score (nSPS) is 28.2. The molecule has 2 heteroatoms. The second-order valence-electron chi connectivity index (χ2n) is 4.25. The topological polar surface area (TPSA) is 12.0 Å². The van der Waals surface area contributed by atoms with Crippen LogP contribution in [-0.4, -0.2) is 18.8 Å². The lowest BCUT2D eigenvalue weighted by atomic mass is 9.84. The van der Waals surface area contributed by atoms with Gasteiger partial charge in [-0.3, -0.25) is 0 Å². The first kappa shape index (κ1) is 9.20. The summed E-state index contributed by atoms with van der Waals surface area (Å²) in [6.45, 7) is 1.08. The molecule has 1 heterocycles. The molecular weight excluding hydrogens is 165 g/mol. The number of halogens is 1. The predicted octanol–water partition coefficient (Wildman–Crippen LogP) is 2.58. The average Bonchev–Trinajstić information content (AvgIpc) is 1.99. The molecule has 0 saturated carbocycles. The Morgan fingerprint density at radius 1 is 1.15 bits per heavy atom. The lowest BCUT2D eigenvalue weighted by Crippen LogP contribution is -2.57. The molecule has 0 bridgehead atoms. The van der Waals surface area contributed by atoms with Crippen molar-refractivity contribution < 1.29 is 4.39 Å². The van der Waals surface area contributed by atoms with Gasteiger partial charge in [0.05, 0.1) is 0 Å². The van der Waals surface area contributed by atoms with Gasteiger partial charge < -0.3 is 5.32 Å². The van der Waals surface area contributed by atoms with Gasteiger partial charge >= 0.3 is 0 Å². The standard InChI is InChI=1S/C11H18FN/c12-11(8-13-9-11)10-6-4-2-1-3-5-7-10/h6,13H,1-5,7-9H2. The molecule has 0 radical (unpaired) electrons. The van der Waals surface area contributed by atoms with Crippen LogP contribution in [0.2, 0.25) is 0 Å². The molecule has 0 aromatic carbocycles. The highest BCUT2D eigenvalue weighted by Crippen LogP contribution is 2.32. The zero-order valence-corrected chi connectivity index (χ0v) is 8.11. The van der Waals surface area contributed by atoms with Gasteiger partial charge in [0, 0.05) is 13.1 Å². The maximum atomic E-state index is 14.0. The molecule has 1 aliphatic heterocycles. The maximum Gasteiger partial charge on any atom is 0.156 e. The molecule has 0 atom stereocenters. The van der Waals surface area contributed by atoms with E-state index in [1.807, 2.05) is 0 Å². The first-order valence-corrected chi connectivity index (χ1v) is 5.40. The van der Waals surface area contributed by atoms with Crippen LogP contribution in [0.3, 0.4) is 0 Å². The van der Waals surface area contributed by atoms with Gasteiger partial charge in [-0.2, -0.15) is 0 Å². The Morgan fingerprint density at radius 3 is 2.62 bits per heavy atom. The molecule has 0 unspecified atom stereocenters. The van der Waals surface area contributed by atoms with Crippen molar-refractivity contribution in [3.63, 3.8) is 0 Å². The van der Waals surface area contributed by atoms with E-state index in [0.29, 0.717) is 13.1 Å². The molecule has 74 valence electrons. The van der Waals surface area contributed by atoms with Crippen LogP contribution < -0.4 is 5.32 Å². The summed E-state index contributed by atoms with van der Waals surface area (Å²) >= 11 is 0. The van der Waals surface area contributed by atoms with E-state index in [-0.39, 0.29) is 0 Å². The van der Waals surface area contributed by atoms with Crippen LogP contribution in [0.5, 0.6) is 0 Å². The van der Waals surface area contributed by atoms with Gasteiger partial charge in [-0.05, 0) is 31.3 Å². The van der Waals surface area contributed by atoms with Crippen LogP contribution in [0.4, 0.5) is 4.39 Å². The van der Waals surface area contributed by atoms with Gasteiger partial charge in [0.1, 0.15) is 0 Å². The minimum absolute atomic E-state index is 0.541. The van der Waals surface area contributed by atoms with Crippen LogP contribution >= 0.6 is 0 Å². The molecule has 0 amide bonds. The Kier molecular flexibility index (Phi) is 2.68. The fourth-order valence-corrected chi connectivity index (χ4v) is 2.17. The highest BCUT2D eigenvalue weighted by atomic mass is 19.1. The van der Waals surface area contributed by atoms with Gasteiger partial charge in [0.15, 0.2) is 5.67 Å². The summed E-state index contributed by atoms with van der Waals surface area (Å²) in [5.41, 5.74) is 0.100. The van der Waals surface area contributed by atoms with Crippen LogP contribution in [0, 0.1) is 0 Å². The molecule has 0 aromatic rings. The van der Waals surface area contributed by atoms with E-state index >= 15 is 0 Å². The molecule has 1 aliphatic carbocycles. The third-order valence-electron chi connectivity index (χ3n) is 3.18. The number of hydrogen-bond acceptors (Lipinski definition) is 1. The summed E-state index contributed by atoms with van der Waals surface area (Å²) < 4.78 is 14.0. The molecule has 1 nitrogen and oxygen atoms in total. The summed E-state index contributed by atoms with van der Waals surface area (Å²) in [5.74, 6) is 0. The number of rotatable bonds is 1. The number of nitrogens with one attached hydrogen (secondary N) is 1. The fourth-order valence-electron chi connectivity index (χ4n) is 2.17. The van der Waals surface area contributed by atoms with Crippen molar-refractivity contribution in [2.75, 3.05) is 13.1 Å². The van der Waals surface area contributed by atoms with E-state index in [2.05, 4.69) is 11.4 Å². The molecule has 0 aromatic heterocycles. The Morgan fingerprint density at radius 2 is 1.92 bits per heavy atom. The number of allylic oxidation sites excluding steroid dienone is 1. The Bertz CT molecular complexity index is 206. The molecule has 2 rings (SSSR count). The highest BCUT2D eigenvalue weighted by molar-refractivity contribution is 5.23. The van der Waals surface area contributed by atoms with Crippen LogP contribution in [-0.2, 0) is 0 Å². The SMILES string of the molecule is FC1(C2=CCCCCCC2)CNC1. The third-order valence-corrected chi connectivity index (χ3v) is 3.18. The molecule has 1 saturated heterocycles. The fraction of sp³-hybridized carbons (Fsp3) is 0.818. The Labute approximate surface area is 79.4 Å². The second kappa shape index (κ2) is 3.79. The quantitative estimate of drug-likeness (QED) is 0.616. The Hall–Kier alpha value is -0.370. The molecule has 1 fully saturated rings. The van der Waals surface area contributed by atoms with Gasteiger partial charge in [0.2, 0.25) is 0 Å². The third kappa shape index (κ3) is 1.93. The molecule has 13 heavy (non-hydrogen) atoms. The average molecular weight is 183 g/mol. The number of hydrogen-bond donors (Lipinski definition) is 1. The van der Waals surface area contributed by atoms with Crippen molar-refractivity contribution in [3.05, 3.63) is 11.6 Å². The highest BCUT2D eigenvalue weighted by Gasteiger charge is 2.39. The zero-order valence-electron chi connectivity index (χ0n) is 8.11. The van der Waals surface area contributed by atoms with Gasteiger partial charge in [-0.15, -0.1) is 0 Å². The largest absolute Gasteiger partial charge is 0.310 e. The summed E-state index contributed by atoms with van der Waals surface area (Å²) in [6.07, 6.45) is 9.24. The van der Waals surface area contributed by atoms with E-state index in [4.69, 9.17) is 0 Å². The molecule has 1 N–H and O–H groups in total. The summed E-state index contributed by atoms with van der Waals surface area (Å²) in [5, 5.41) is 3.02. The van der Waals surface area contributed by atoms with Gasteiger partial charge in [-0.1, -0.05) is 18.9 Å². The summed E-state index contributed by atoms with van der Waals surface area (Å²) in [4.78, 5) is 0. The molecule has 0 spiro atoms. The lowest BCUT2D eigenvalue weighted by molar-refractivity contribution is 0.127. The summed E-state index contributed by atoms with van der Waals surface area (Å²) in [6, 6.07) is 0. The zero-order chi connectivity index (χ0) is 9.15. The first-order chi connectivity index (χ1) is 6.31. The minimum atomic E-state index is -0.975. The van der Waals surface area contributed by atoms with Crippen LogP contribution in [0.25, 0.3) is 0 Å². The predicted molar refractivity (Wildman–Crippen MR) is 52.5 cm³/mol. The van der Waals surface area contributed by atoms with E-state index in [9.17, 15) is 4.39 Å². The number of alkyl halides is 1. The maximum absolute atomic E-state index is 14.0. The Balaban J connectivity index is 2.01.